The molecular weight excluding hydrogens is 511 g/mol. The monoisotopic (exact) mass is 535 g/mol. The third kappa shape index (κ3) is 7.02. The topological polar surface area (TPSA) is 118 Å². The molecule has 0 bridgehead atoms. The number of amides is 1. The van der Waals surface area contributed by atoms with E-state index in [2.05, 4.69) is 20.0 Å². The molecule has 38 heavy (non-hydrogen) atoms. The fourth-order valence-electron chi connectivity index (χ4n) is 3.25. The highest BCUT2D eigenvalue weighted by Gasteiger charge is 2.31. The lowest BCUT2D eigenvalue weighted by molar-refractivity contribution is -0.274. The second-order valence-electron chi connectivity index (χ2n) is 7.41. The van der Waals surface area contributed by atoms with Crippen molar-refractivity contribution in [2.24, 2.45) is 0 Å². The van der Waals surface area contributed by atoms with Gasteiger partial charge in [0, 0.05) is 18.0 Å². The predicted octanol–water partition coefficient (Wildman–Crippen LogP) is 5.31. The van der Waals surface area contributed by atoms with Crippen LogP contribution < -0.4 is 24.3 Å². The zero-order valence-electron chi connectivity index (χ0n) is 20.8. The number of alkyl halides is 3. The van der Waals surface area contributed by atoms with Crippen LogP contribution in [0.2, 0.25) is 0 Å². The Morgan fingerprint density at radius 2 is 1.76 bits per heavy atom. The highest BCUT2D eigenvalue weighted by Crippen LogP contribution is 2.39. The first-order chi connectivity index (χ1) is 18.1. The maximum atomic E-state index is 13.4. The highest BCUT2D eigenvalue weighted by atomic mass is 19.4. The minimum atomic E-state index is -4.90. The van der Waals surface area contributed by atoms with Crippen LogP contribution in [-0.4, -0.2) is 48.5 Å². The number of carbonyl (C=O) groups is 2. The molecule has 202 valence electrons. The first-order valence-corrected chi connectivity index (χ1v) is 11.2. The minimum Gasteiger partial charge on any atom is -0.493 e. The van der Waals surface area contributed by atoms with Crippen molar-refractivity contribution in [3.63, 3.8) is 0 Å². The van der Waals surface area contributed by atoms with E-state index < -0.39 is 24.0 Å². The number of aromatic nitrogens is 2. The van der Waals surface area contributed by atoms with Crippen molar-refractivity contribution >= 4 is 17.6 Å². The number of esters is 1. The van der Waals surface area contributed by atoms with E-state index in [0.29, 0.717) is 5.69 Å². The van der Waals surface area contributed by atoms with Crippen molar-refractivity contribution in [1.82, 2.24) is 9.97 Å². The molecule has 0 saturated heterocycles. The fourth-order valence-corrected chi connectivity index (χ4v) is 3.25. The van der Waals surface area contributed by atoms with E-state index in [1.807, 2.05) is 0 Å². The normalized spacial score (nSPS) is 10.9. The molecule has 0 saturated carbocycles. The molecule has 1 N–H and O–H groups in total. The number of anilines is 1. The van der Waals surface area contributed by atoms with E-state index in [9.17, 15) is 22.8 Å². The van der Waals surface area contributed by atoms with Gasteiger partial charge in [0.2, 0.25) is 0 Å². The van der Waals surface area contributed by atoms with Gasteiger partial charge in [0.1, 0.15) is 17.0 Å². The summed E-state index contributed by atoms with van der Waals surface area (Å²) >= 11 is 0. The molecule has 10 nitrogen and oxygen atoms in total. The second-order valence-corrected chi connectivity index (χ2v) is 7.41. The van der Waals surface area contributed by atoms with Gasteiger partial charge in [-0.15, -0.1) is 13.2 Å². The molecule has 0 unspecified atom stereocenters. The van der Waals surface area contributed by atoms with Gasteiger partial charge < -0.3 is 29.0 Å². The van der Waals surface area contributed by atoms with E-state index in [4.69, 9.17) is 18.9 Å². The number of aryl methyl sites for hydroxylation is 1. The molecule has 0 fully saturated rings. The lowest BCUT2D eigenvalue weighted by atomic mass is 10.1. The molecule has 0 aliphatic heterocycles. The summed E-state index contributed by atoms with van der Waals surface area (Å²) in [5.74, 6) is -1.91. The Morgan fingerprint density at radius 1 is 1.00 bits per heavy atom. The van der Waals surface area contributed by atoms with Crippen LogP contribution in [0.1, 0.15) is 40.4 Å². The number of nitrogens with one attached hydrogen (secondary N) is 1. The zero-order valence-corrected chi connectivity index (χ0v) is 20.8. The molecule has 1 aromatic carbocycles. The maximum absolute atomic E-state index is 13.4. The van der Waals surface area contributed by atoms with Gasteiger partial charge in [-0.25, -0.2) is 9.78 Å². The number of benzene rings is 1. The number of carbonyl (C=O) groups excluding carboxylic acids is 2. The molecule has 3 aromatic rings. The minimum absolute atomic E-state index is 0.0111. The smallest absolute Gasteiger partial charge is 0.493 e. The maximum Gasteiger partial charge on any atom is 0.573 e. The van der Waals surface area contributed by atoms with E-state index in [1.54, 1.807) is 20.8 Å². The summed E-state index contributed by atoms with van der Waals surface area (Å²) in [6.07, 6.45) is -2.30. The molecule has 1 amide bonds. The molecule has 0 atom stereocenters. The predicted molar refractivity (Wildman–Crippen MR) is 128 cm³/mol. The summed E-state index contributed by atoms with van der Waals surface area (Å²) < 4.78 is 63.4. The SMILES string of the molecule is CCOC(=O)c1cc(NC(=O)c2c(Oc3ccc(OC(F)(F)F)cc3OC)cnc(C)c2OCC)ccn1. The Hall–Kier alpha value is -4.55. The lowest BCUT2D eigenvalue weighted by Crippen LogP contribution is -2.17. The van der Waals surface area contributed by atoms with Gasteiger partial charge in [0.05, 0.1) is 32.2 Å². The van der Waals surface area contributed by atoms with Crippen LogP contribution in [0, 0.1) is 6.92 Å². The van der Waals surface area contributed by atoms with Crippen molar-refractivity contribution < 1.29 is 46.4 Å². The summed E-state index contributed by atoms with van der Waals surface area (Å²) in [6, 6.07) is 6.02. The summed E-state index contributed by atoms with van der Waals surface area (Å²) in [7, 11) is 1.23. The van der Waals surface area contributed by atoms with Gasteiger partial charge in [0.25, 0.3) is 5.91 Å². The number of rotatable bonds is 10. The number of ether oxygens (including phenoxy) is 5. The first-order valence-electron chi connectivity index (χ1n) is 11.2. The van der Waals surface area contributed by atoms with Crippen molar-refractivity contribution in [3.8, 4) is 28.7 Å². The van der Waals surface area contributed by atoms with Crippen LogP contribution in [-0.2, 0) is 4.74 Å². The summed E-state index contributed by atoms with van der Waals surface area (Å²) in [5, 5.41) is 2.66. The van der Waals surface area contributed by atoms with Gasteiger partial charge in [0.15, 0.2) is 23.0 Å². The molecule has 0 spiro atoms. The molecule has 3 rings (SSSR count). The van der Waals surface area contributed by atoms with Crippen molar-refractivity contribution in [3.05, 3.63) is 59.7 Å². The van der Waals surface area contributed by atoms with Crippen LogP contribution in [0.3, 0.4) is 0 Å². The molecule has 0 aliphatic carbocycles. The van der Waals surface area contributed by atoms with Gasteiger partial charge in [-0.05, 0) is 45.0 Å². The number of halogens is 3. The largest absolute Gasteiger partial charge is 0.573 e. The second kappa shape index (κ2) is 12.1. The van der Waals surface area contributed by atoms with Gasteiger partial charge in [-0.1, -0.05) is 0 Å². The zero-order chi connectivity index (χ0) is 27.9. The highest BCUT2D eigenvalue weighted by molar-refractivity contribution is 6.08. The van der Waals surface area contributed by atoms with Gasteiger partial charge >= 0.3 is 12.3 Å². The standard InChI is InChI=1S/C25H24F3N3O7/c1-5-35-22-14(3)30-13-20(37-18-8-7-16(12-19(18)34-4)38-25(26,27)28)21(22)23(32)31-15-9-10-29-17(11-15)24(33)36-6-2/h7-13H,5-6H2,1-4H3,(H,29,31,32). The van der Waals surface area contributed by atoms with E-state index in [-0.39, 0.29) is 53.2 Å². The fraction of sp³-hybridized carbons (Fsp3) is 0.280. The first kappa shape index (κ1) is 28.0. The number of hydrogen-bond donors (Lipinski definition) is 1. The van der Waals surface area contributed by atoms with Crippen LogP contribution >= 0.6 is 0 Å². The molecule has 2 aromatic heterocycles. The average Bonchev–Trinajstić information content (AvgIpc) is 2.86. The van der Waals surface area contributed by atoms with E-state index >= 15 is 0 Å². The van der Waals surface area contributed by atoms with Crippen LogP contribution in [0.4, 0.5) is 18.9 Å². The number of nitrogens with zero attached hydrogens (tertiary/aromatic N) is 2. The molecule has 2 heterocycles. The number of hydrogen-bond acceptors (Lipinski definition) is 9. The molecule has 0 aliphatic rings. The quantitative estimate of drug-likeness (QED) is 0.345. The summed E-state index contributed by atoms with van der Waals surface area (Å²) in [6.45, 7) is 5.34. The number of methoxy groups -OCH3 is 1. The van der Waals surface area contributed by atoms with Gasteiger partial charge in [-0.2, -0.15) is 0 Å². The third-order valence-corrected chi connectivity index (χ3v) is 4.78. The summed E-state index contributed by atoms with van der Waals surface area (Å²) in [5.41, 5.74) is 0.559. The van der Waals surface area contributed by atoms with Crippen LogP contribution in [0.25, 0.3) is 0 Å². The third-order valence-electron chi connectivity index (χ3n) is 4.78. The Labute approximate surface area is 215 Å². The lowest BCUT2D eigenvalue weighted by Gasteiger charge is -2.18. The average molecular weight is 535 g/mol. The number of pyridine rings is 2. The van der Waals surface area contributed by atoms with E-state index in [0.717, 1.165) is 12.1 Å². The van der Waals surface area contributed by atoms with E-state index in [1.165, 1.54) is 37.7 Å². The Morgan fingerprint density at radius 3 is 2.42 bits per heavy atom. The van der Waals surface area contributed by atoms with Crippen LogP contribution in [0.5, 0.6) is 28.7 Å². The molecule has 13 heteroatoms. The van der Waals surface area contributed by atoms with Crippen molar-refractivity contribution in [2.45, 2.75) is 27.1 Å². The van der Waals surface area contributed by atoms with Crippen molar-refractivity contribution in [1.29, 1.82) is 0 Å². The Bertz CT molecular complexity index is 1320. The molecular formula is C25H24F3N3O7. The Balaban J connectivity index is 1.99. The van der Waals surface area contributed by atoms with Gasteiger partial charge in [-0.3, -0.25) is 9.78 Å². The molecule has 0 radical (unpaired) electrons. The summed E-state index contributed by atoms with van der Waals surface area (Å²) in [4.78, 5) is 33.6. The van der Waals surface area contributed by atoms with Crippen molar-refractivity contribution in [2.75, 3.05) is 25.6 Å². The Kier molecular flexibility index (Phi) is 8.94. The van der Waals surface area contributed by atoms with Crippen LogP contribution in [0.15, 0.2) is 42.7 Å².